The fourth-order valence-electron chi connectivity index (χ4n) is 2.74. The van der Waals surface area contributed by atoms with E-state index in [1.165, 1.54) is 31.9 Å². The average molecular weight is 298 g/mol. The van der Waals surface area contributed by atoms with Crippen molar-refractivity contribution in [3.05, 3.63) is 35.9 Å². The second kappa shape index (κ2) is 8.98. The molecule has 0 aromatic heterocycles. The minimum atomic E-state index is -0.0885. The lowest BCUT2D eigenvalue weighted by Gasteiger charge is -2.29. The van der Waals surface area contributed by atoms with Gasteiger partial charge in [-0.3, -0.25) is 4.79 Å². The van der Waals surface area contributed by atoms with Crippen LogP contribution in [0.3, 0.4) is 0 Å². The smallest absolute Gasteiger partial charge is 0.310 e. The molecule has 0 bridgehead atoms. The molecule has 0 radical (unpaired) electrons. The summed E-state index contributed by atoms with van der Waals surface area (Å²) in [7, 11) is 1.48. The summed E-state index contributed by atoms with van der Waals surface area (Å²) in [5.74, 6) is -0.139. The summed E-state index contributed by atoms with van der Waals surface area (Å²) in [6.45, 7) is 3.05. The van der Waals surface area contributed by atoms with E-state index >= 15 is 0 Å². The summed E-state index contributed by atoms with van der Waals surface area (Å²) in [6, 6.07) is 10.2. The predicted octanol–water partition coefficient (Wildman–Crippen LogP) is 2.93. The van der Waals surface area contributed by atoms with Crippen LogP contribution in [0.2, 0.25) is 0 Å². The zero-order valence-electron chi connectivity index (χ0n) is 12.1. The fraction of sp³-hybridized carbons (Fsp3) is 0.562. The van der Waals surface area contributed by atoms with Crippen LogP contribution >= 0.6 is 12.4 Å². The van der Waals surface area contributed by atoms with Crippen molar-refractivity contribution in [2.45, 2.75) is 25.7 Å². The van der Waals surface area contributed by atoms with Gasteiger partial charge in [0.2, 0.25) is 0 Å². The number of ether oxygens (including phenoxy) is 1. The number of nitrogens with zero attached hydrogens (tertiary/aromatic N) is 1. The molecular formula is C16H24ClNO2. The highest BCUT2D eigenvalue weighted by atomic mass is 35.5. The van der Waals surface area contributed by atoms with Gasteiger partial charge >= 0.3 is 5.97 Å². The molecule has 0 aliphatic carbocycles. The first-order valence-corrected chi connectivity index (χ1v) is 7.13. The molecular weight excluding hydrogens is 274 g/mol. The Morgan fingerprint density at radius 3 is 2.45 bits per heavy atom. The standard InChI is InChI=1S/C16H23NO2.ClH/c1-19-16(18)15(12-14-8-4-2-5-9-14)13-17-10-6-3-7-11-17;/h2,4-5,8-9,15H,3,6-7,10-13H2,1H3;1H. The highest BCUT2D eigenvalue weighted by molar-refractivity contribution is 5.85. The molecule has 1 fully saturated rings. The van der Waals surface area contributed by atoms with Gasteiger partial charge in [-0.2, -0.15) is 0 Å². The van der Waals surface area contributed by atoms with Gasteiger partial charge in [-0.1, -0.05) is 36.8 Å². The number of rotatable bonds is 5. The maximum absolute atomic E-state index is 11.9. The second-order valence-corrected chi connectivity index (χ2v) is 5.27. The van der Waals surface area contributed by atoms with Crippen molar-refractivity contribution in [2.24, 2.45) is 5.92 Å². The lowest BCUT2D eigenvalue weighted by atomic mass is 9.98. The van der Waals surface area contributed by atoms with E-state index < -0.39 is 0 Å². The molecule has 2 rings (SSSR count). The first-order chi connectivity index (χ1) is 9.29. The van der Waals surface area contributed by atoms with E-state index in [4.69, 9.17) is 4.74 Å². The van der Waals surface area contributed by atoms with E-state index in [0.29, 0.717) is 0 Å². The van der Waals surface area contributed by atoms with Gasteiger partial charge in [0, 0.05) is 6.54 Å². The number of benzene rings is 1. The van der Waals surface area contributed by atoms with E-state index in [1.54, 1.807) is 0 Å². The number of carbonyl (C=O) groups excluding carboxylic acids is 1. The summed E-state index contributed by atoms with van der Waals surface area (Å²) in [5.41, 5.74) is 1.20. The largest absolute Gasteiger partial charge is 0.469 e. The quantitative estimate of drug-likeness (QED) is 0.783. The van der Waals surface area contributed by atoms with Crippen LogP contribution in [0.5, 0.6) is 0 Å². The van der Waals surface area contributed by atoms with Crippen LogP contribution in [-0.2, 0) is 16.0 Å². The molecule has 112 valence electrons. The van der Waals surface area contributed by atoms with Gasteiger partial charge in [0.05, 0.1) is 13.0 Å². The molecule has 1 unspecified atom stereocenters. The number of esters is 1. The maximum Gasteiger partial charge on any atom is 0.310 e. The molecule has 1 atom stereocenters. The Labute approximate surface area is 127 Å². The van der Waals surface area contributed by atoms with E-state index in [1.807, 2.05) is 18.2 Å². The highest BCUT2D eigenvalue weighted by Crippen LogP contribution is 2.16. The van der Waals surface area contributed by atoms with Gasteiger partial charge in [-0.15, -0.1) is 12.4 Å². The molecule has 1 heterocycles. The molecule has 4 heteroatoms. The van der Waals surface area contributed by atoms with Crippen molar-refractivity contribution < 1.29 is 9.53 Å². The fourth-order valence-corrected chi connectivity index (χ4v) is 2.74. The van der Waals surface area contributed by atoms with Crippen molar-refractivity contribution in [1.82, 2.24) is 4.90 Å². The van der Waals surface area contributed by atoms with Crippen molar-refractivity contribution in [3.8, 4) is 0 Å². The van der Waals surface area contributed by atoms with Crippen LogP contribution in [-0.4, -0.2) is 37.6 Å². The number of hydrogen-bond donors (Lipinski definition) is 0. The lowest BCUT2D eigenvalue weighted by Crippen LogP contribution is -2.38. The van der Waals surface area contributed by atoms with E-state index in [2.05, 4.69) is 17.0 Å². The summed E-state index contributed by atoms with van der Waals surface area (Å²) >= 11 is 0. The van der Waals surface area contributed by atoms with Gasteiger partial charge in [0.25, 0.3) is 0 Å². The monoisotopic (exact) mass is 297 g/mol. The van der Waals surface area contributed by atoms with Crippen molar-refractivity contribution >= 4 is 18.4 Å². The van der Waals surface area contributed by atoms with Crippen LogP contribution in [0.4, 0.5) is 0 Å². The summed E-state index contributed by atoms with van der Waals surface area (Å²) in [4.78, 5) is 14.3. The SMILES string of the molecule is COC(=O)C(Cc1ccccc1)CN1CCCCC1.Cl. The molecule has 0 saturated carbocycles. The summed E-state index contributed by atoms with van der Waals surface area (Å²) in [6.07, 6.45) is 4.58. The second-order valence-electron chi connectivity index (χ2n) is 5.27. The average Bonchev–Trinajstić information content (AvgIpc) is 2.48. The zero-order valence-corrected chi connectivity index (χ0v) is 12.9. The summed E-state index contributed by atoms with van der Waals surface area (Å²) in [5, 5.41) is 0. The first-order valence-electron chi connectivity index (χ1n) is 7.13. The van der Waals surface area contributed by atoms with Crippen LogP contribution in [0, 0.1) is 5.92 Å². The van der Waals surface area contributed by atoms with Crippen molar-refractivity contribution in [2.75, 3.05) is 26.7 Å². The Bertz CT molecular complexity index is 391. The number of methoxy groups -OCH3 is 1. The lowest BCUT2D eigenvalue weighted by molar-refractivity contribution is -0.146. The minimum Gasteiger partial charge on any atom is -0.469 e. The van der Waals surface area contributed by atoms with Gasteiger partial charge < -0.3 is 9.64 Å². The van der Waals surface area contributed by atoms with Gasteiger partial charge in [-0.05, 0) is 37.9 Å². The first kappa shape index (κ1) is 17.0. The zero-order chi connectivity index (χ0) is 13.5. The van der Waals surface area contributed by atoms with E-state index in [9.17, 15) is 4.79 Å². The number of hydrogen-bond acceptors (Lipinski definition) is 3. The Morgan fingerprint density at radius 2 is 1.85 bits per heavy atom. The number of halogens is 1. The molecule has 1 aromatic rings. The third-order valence-corrected chi connectivity index (χ3v) is 3.79. The topological polar surface area (TPSA) is 29.5 Å². The molecule has 0 N–H and O–H groups in total. The third kappa shape index (κ3) is 5.14. The minimum absolute atomic E-state index is 0. The molecule has 0 amide bonds. The van der Waals surface area contributed by atoms with Gasteiger partial charge in [-0.25, -0.2) is 0 Å². The highest BCUT2D eigenvalue weighted by Gasteiger charge is 2.23. The van der Waals surface area contributed by atoms with Gasteiger partial charge in [0.1, 0.15) is 0 Å². The Kier molecular flexibility index (Phi) is 7.63. The Hall–Kier alpha value is -1.06. The van der Waals surface area contributed by atoms with Crippen LogP contribution < -0.4 is 0 Å². The number of likely N-dealkylation sites (tertiary alicyclic amines) is 1. The molecule has 1 saturated heterocycles. The number of carbonyl (C=O) groups is 1. The summed E-state index contributed by atoms with van der Waals surface area (Å²) < 4.78 is 4.96. The molecule has 1 aliphatic rings. The maximum atomic E-state index is 11.9. The normalized spacial score (nSPS) is 17.1. The van der Waals surface area contributed by atoms with Crippen molar-refractivity contribution in [1.29, 1.82) is 0 Å². The Balaban J connectivity index is 0.00000200. The van der Waals surface area contributed by atoms with Crippen LogP contribution in [0.1, 0.15) is 24.8 Å². The van der Waals surface area contributed by atoms with Crippen LogP contribution in [0.25, 0.3) is 0 Å². The molecule has 1 aliphatic heterocycles. The van der Waals surface area contributed by atoms with E-state index in [0.717, 1.165) is 26.1 Å². The molecule has 1 aromatic carbocycles. The van der Waals surface area contributed by atoms with E-state index in [-0.39, 0.29) is 24.3 Å². The number of piperidine rings is 1. The Morgan fingerprint density at radius 1 is 1.20 bits per heavy atom. The van der Waals surface area contributed by atoms with Crippen LogP contribution in [0.15, 0.2) is 30.3 Å². The predicted molar refractivity (Wildman–Crippen MR) is 83.2 cm³/mol. The van der Waals surface area contributed by atoms with Crippen molar-refractivity contribution in [3.63, 3.8) is 0 Å². The third-order valence-electron chi connectivity index (χ3n) is 3.79. The molecule has 3 nitrogen and oxygen atoms in total. The van der Waals surface area contributed by atoms with Gasteiger partial charge in [0.15, 0.2) is 0 Å². The molecule has 20 heavy (non-hydrogen) atoms. The molecule has 0 spiro atoms.